The van der Waals surface area contributed by atoms with Crippen molar-refractivity contribution in [2.45, 2.75) is 46.5 Å². The molecule has 4 heteroatoms. The van der Waals surface area contributed by atoms with Gasteiger partial charge in [-0.3, -0.25) is 4.79 Å². The number of aryl methyl sites for hydroxylation is 1. The smallest absolute Gasteiger partial charge is 0.186 e. The Labute approximate surface area is 113 Å². The molecule has 0 saturated carbocycles. The molecule has 18 heavy (non-hydrogen) atoms. The molecule has 1 fully saturated rings. The van der Waals surface area contributed by atoms with E-state index in [0.29, 0.717) is 5.41 Å². The number of aromatic nitrogens is 1. The first-order valence-corrected chi connectivity index (χ1v) is 7.57. The SMILES string of the molecule is CCCc1nc(N2CCC(C)(C)CC2)sc1C=O. The average molecular weight is 266 g/mol. The van der Waals surface area contributed by atoms with Crippen molar-refractivity contribution in [2.75, 3.05) is 18.0 Å². The van der Waals surface area contributed by atoms with E-state index in [1.807, 2.05) is 0 Å². The standard InChI is InChI=1S/C14H22N2OS/c1-4-5-11-12(10-17)18-13(15-11)16-8-6-14(2,3)7-9-16/h10H,4-9H2,1-3H3. The second-order valence-corrected chi connectivity index (χ2v) is 6.84. The van der Waals surface area contributed by atoms with Crippen LogP contribution in [-0.2, 0) is 6.42 Å². The van der Waals surface area contributed by atoms with Crippen LogP contribution in [0.4, 0.5) is 5.13 Å². The minimum atomic E-state index is 0.452. The molecule has 1 aliphatic rings. The Kier molecular flexibility index (Phi) is 4.05. The van der Waals surface area contributed by atoms with E-state index >= 15 is 0 Å². The number of thiazole rings is 1. The topological polar surface area (TPSA) is 33.2 Å². The second kappa shape index (κ2) is 5.39. The van der Waals surface area contributed by atoms with Gasteiger partial charge in [-0.05, 0) is 24.7 Å². The second-order valence-electron chi connectivity index (χ2n) is 5.83. The predicted molar refractivity (Wildman–Crippen MR) is 76.7 cm³/mol. The molecular weight excluding hydrogens is 244 g/mol. The van der Waals surface area contributed by atoms with E-state index in [2.05, 4.69) is 30.7 Å². The lowest BCUT2D eigenvalue weighted by Crippen LogP contribution is -2.37. The molecule has 1 saturated heterocycles. The summed E-state index contributed by atoms with van der Waals surface area (Å²) in [6.45, 7) is 8.89. The van der Waals surface area contributed by atoms with Gasteiger partial charge >= 0.3 is 0 Å². The van der Waals surface area contributed by atoms with Crippen molar-refractivity contribution in [3.05, 3.63) is 10.6 Å². The molecule has 2 rings (SSSR count). The maximum Gasteiger partial charge on any atom is 0.186 e. The van der Waals surface area contributed by atoms with Crippen LogP contribution in [-0.4, -0.2) is 24.4 Å². The lowest BCUT2D eigenvalue weighted by molar-refractivity contribution is 0.112. The van der Waals surface area contributed by atoms with E-state index < -0.39 is 0 Å². The summed E-state index contributed by atoms with van der Waals surface area (Å²) < 4.78 is 0. The first-order valence-electron chi connectivity index (χ1n) is 6.75. The number of rotatable bonds is 4. The van der Waals surface area contributed by atoms with Crippen molar-refractivity contribution in [3.8, 4) is 0 Å². The van der Waals surface area contributed by atoms with Crippen molar-refractivity contribution < 1.29 is 4.79 Å². The molecule has 3 nitrogen and oxygen atoms in total. The summed E-state index contributed by atoms with van der Waals surface area (Å²) in [4.78, 5) is 18.9. The quantitative estimate of drug-likeness (QED) is 0.782. The molecule has 0 aliphatic carbocycles. The fourth-order valence-electron chi connectivity index (χ4n) is 2.30. The lowest BCUT2D eigenvalue weighted by atomic mass is 9.83. The number of carbonyl (C=O) groups excluding carboxylic acids is 1. The average Bonchev–Trinajstić information content (AvgIpc) is 2.73. The highest BCUT2D eigenvalue weighted by atomic mass is 32.1. The fraction of sp³-hybridized carbons (Fsp3) is 0.714. The fourth-order valence-corrected chi connectivity index (χ4v) is 3.28. The minimum absolute atomic E-state index is 0.452. The minimum Gasteiger partial charge on any atom is -0.348 e. The van der Waals surface area contributed by atoms with Crippen LogP contribution in [0.2, 0.25) is 0 Å². The van der Waals surface area contributed by atoms with Crippen molar-refractivity contribution in [1.29, 1.82) is 0 Å². The predicted octanol–water partition coefficient (Wildman–Crippen LogP) is 3.53. The van der Waals surface area contributed by atoms with Gasteiger partial charge in [0.1, 0.15) is 0 Å². The monoisotopic (exact) mass is 266 g/mol. The number of carbonyl (C=O) groups is 1. The molecule has 0 bridgehead atoms. The highest BCUT2D eigenvalue weighted by molar-refractivity contribution is 7.17. The molecule has 100 valence electrons. The first-order chi connectivity index (χ1) is 8.55. The maximum atomic E-state index is 11.1. The first kappa shape index (κ1) is 13.5. The Balaban J connectivity index is 2.12. The molecule has 0 atom stereocenters. The number of anilines is 1. The molecule has 0 unspecified atom stereocenters. The number of piperidine rings is 1. The van der Waals surface area contributed by atoms with Crippen molar-refractivity contribution in [3.63, 3.8) is 0 Å². The zero-order chi connectivity index (χ0) is 13.2. The van der Waals surface area contributed by atoms with Crippen LogP contribution in [0.3, 0.4) is 0 Å². The van der Waals surface area contributed by atoms with Gasteiger partial charge in [0.05, 0.1) is 10.6 Å². The highest BCUT2D eigenvalue weighted by Gasteiger charge is 2.27. The van der Waals surface area contributed by atoms with Crippen LogP contribution < -0.4 is 4.90 Å². The van der Waals surface area contributed by atoms with E-state index in [9.17, 15) is 4.79 Å². The number of aldehydes is 1. The Hall–Kier alpha value is -0.900. The molecule has 1 aromatic rings. The van der Waals surface area contributed by atoms with Crippen molar-refractivity contribution in [1.82, 2.24) is 4.98 Å². The van der Waals surface area contributed by atoms with E-state index in [0.717, 1.165) is 47.9 Å². The van der Waals surface area contributed by atoms with E-state index in [1.165, 1.54) is 12.8 Å². The van der Waals surface area contributed by atoms with Gasteiger partial charge in [0.2, 0.25) is 0 Å². The van der Waals surface area contributed by atoms with Gasteiger partial charge in [0.25, 0.3) is 0 Å². The normalized spacial score (nSPS) is 18.9. The Morgan fingerprint density at radius 2 is 2.06 bits per heavy atom. The Bertz CT molecular complexity index is 415. The van der Waals surface area contributed by atoms with E-state index in [1.54, 1.807) is 11.3 Å². The zero-order valence-electron chi connectivity index (χ0n) is 11.5. The van der Waals surface area contributed by atoms with Crippen LogP contribution in [0.25, 0.3) is 0 Å². The Morgan fingerprint density at radius 1 is 1.39 bits per heavy atom. The summed E-state index contributed by atoms with van der Waals surface area (Å²) in [5, 5.41) is 1.04. The number of hydrogen-bond acceptors (Lipinski definition) is 4. The van der Waals surface area contributed by atoms with Crippen LogP contribution in [0.1, 0.15) is 55.4 Å². The third kappa shape index (κ3) is 2.91. The summed E-state index contributed by atoms with van der Waals surface area (Å²) in [5.41, 5.74) is 1.44. The van der Waals surface area contributed by atoms with Gasteiger partial charge in [0, 0.05) is 13.1 Å². The molecule has 1 aromatic heterocycles. The maximum absolute atomic E-state index is 11.1. The van der Waals surface area contributed by atoms with E-state index in [4.69, 9.17) is 0 Å². The molecule has 0 amide bonds. The van der Waals surface area contributed by atoms with Gasteiger partial charge < -0.3 is 4.90 Å². The van der Waals surface area contributed by atoms with Crippen LogP contribution >= 0.6 is 11.3 Å². The van der Waals surface area contributed by atoms with Gasteiger partial charge in [-0.25, -0.2) is 4.98 Å². The summed E-state index contributed by atoms with van der Waals surface area (Å²) in [6, 6.07) is 0. The molecule has 0 radical (unpaired) electrons. The molecule has 2 heterocycles. The summed E-state index contributed by atoms with van der Waals surface area (Å²) in [5.74, 6) is 0. The zero-order valence-corrected chi connectivity index (χ0v) is 12.3. The molecule has 1 aliphatic heterocycles. The van der Waals surface area contributed by atoms with Gasteiger partial charge in [-0.15, -0.1) is 0 Å². The summed E-state index contributed by atoms with van der Waals surface area (Å²) >= 11 is 1.55. The molecule has 0 aromatic carbocycles. The lowest BCUT2D eigenvalue weighted by Gasteiger charge is -2.36. The van der Waals surface area contributed by atoms with Gasteiger partial charge in [0.15, 0.2) is 11.4 Å². The third-order valence-electron chi connectivity index (χ3n) is 3.70. The number of nitrogens with zero attached hydrogens (tertiary/aromatic N) is 2. The van der Waals surface area contributed by atoms with Crippen molar-refractivity contribution in [2.24, 2.45) is 5.41 Å². The molecule has 0 N–H and O–H groups in total. The van der Waals surface area contributed by atoms with Crippen molar-refractivity contribution >= 4 is 22.8 Å². The Morgan fingerprint density at radius 3 is 2.61 bits per heavy atom. The molecule has 0 spiro atoms. The molecular formula is C14H22N2OS. The third-order valence-corrected chi connectivity index (χ3v) is 4.78. The van der Waals surface area contributed by atoms with Gasteiger partial charge in [-0.2, -0.15) is 0 Å². The highest BCUT2D eigenvalue weighted by Crippen LogP contribution is 2.34. The summed E-state index contributed by atoms with van der Waals surface area (Å²) in [7, 11) is 0. The van der Waals surface area contributed by atoms with Gasteiger partial charge in [-0.1, -0.05) is 38.5 Å². The van der Waals surface area contributed by atoms with Crippen LogP contribution in [0.15, 0.2) is 0 Å². The summed E-state index contributed by atoms with van der Waals surface area (Å²) in [6.07, 6.45) is 5.30. The largest absolute Gasteiger partial charge is 0.348 e. The van der Waals surface area contributed by atoms with Crippen LogP contribution in [0, 0.1) is 5.41 Å². The number of hydrogen-bond donors (Lipinski definition) is 0. The van der Waals surface area contributed by atoms with E-state index in [-0.39, 0.29) is 0 Å². The van der Waals surface area contributed by atoms with Crippen LogP contribution in [0.5, 0.6) is 0 Å².